The number of Topliss-reactive ketones (excluding diaryl/α,β-unsaturated/α-hetero) is 1. The molecule has 1 heterocycles. The average molecular weight is 351 g/mol. The van der Waals surface area contributed by atoms with Crippen molar-refractivity contribution in [1.29, 1.82) is 0 Å². The zero-order valence-electron chi connectivity index (χ0n) is 12.2. The van der Waals surface area contributed by atoms with E-state index in [0.29, 0.717) is 6.42 Å². The Hall–Kier alpha value is -1.22. The van der Waals surface area contributed by atoms with Crippen LogP contribution < -0.4 is 5.73 Å². The fourth-order valence-corrected chi connectivity index (χ4v) is 4.59. The van der Waals surface area contributed by atoms with Gasteiger partial charge in [0.2, 0.25) is 11.7 Å². The maximum Gasteiger partial charge on any atom is 0.372 e. The second-order valence-electron chi connectivity index (χ2n) is 4.66. The molecule has 0 spiro atoms. The van der Waals surface area contributed by atoms with Crippen molar-refractivity contribution in [2.75, 3.05) is 5.75 Å². The van der Waals surface area contributed by atoms with Crippen molar-refractivity contribution < 1.29 is 29.4 Å². The number of unbranched alkanes of at least 4 members (excludes halogenated alkanes) is 1. The molecule has 0 aromatic carbocycles. The fourth-order valence-electron chi connectivity index (χ4n) is 1.56. The maximum absolute atomic E-state index is 10.4. The van der Waals surface area contributed by atoms with Gasteiger partial charge in [-0.1, -0.05) is 28.0 Å². The van der Waals surface area contributed by atoms with Crippen LogP contribution in [0.3, 0.4) is 0 Å². The van der Waals surface area contributed by atoms with E-state index in [1.54, 1.807) is 0 Å². The molecule has 9 heteroatoms. The van der Waals surface area contributed by atoms with Crippen LogP contribution in [-0.4, -0.2) is 44.8 Å². The topological polar surface area (TPSA) is 135 Å². The van der Waals surface area contributed by atoms with Gasteiger partial charge in [0, 0.05) is 23.8 Å². The van der Waals surface area contributed by atoms with Gasteiger partial charge in [-0.3, -0.25) is 14.4 Å². The van der Waals surface area contributed by atoms with Gasteiger partial charge in [-0.2, -0.15) is 0 Å². The number of carbonyl (C=O) groups is 4. The minimum Gasteiger partial charge on any atom is -0.481 e. The molecule has 1 aliphatic heterocycles. The van der Waals surface area contributed by atoms with Crippen LogP contribution in [0.25, 0.3) is 0 Å². The summed E-state index contributed by atoms with van der Waals surface area (Å²) in [5.41, 5.74) is 5.04. The van der Waals surface area contributed by atoms with Crippen molar-refractivity contribution in [1.82, 2.24) is 0 Å². The number of nitrogens with two attached hydrogens (primary N) is 1. The lowest BCUT2D eigenvalue weighted by molar-refractivity contribution is -0.149. The molecule has 1 aliphatic rings. The van der Waals surface area contributed by atoms with Gasteiger partial charge in [0.25, 0.3) is 0 Å². The molecule has 0 saturated carbocycles. The summed E-state index contributed by atoms with van der Waals surface area (Å²) < 4.78 is 0. The Labute approximate surface area is 136 Å². The molecule has 7 nitrogen and oxygen atoms in total. The van der Waals surface area contributed by atoms with Crippen molar-refractivity contribution in [2.45, 2.75) is 50.2 Å². The summed E-state index contributed by atoms with van der Waals surface area (Å²) in [5.74, 6) is -2.69. The van der Waals surface area contributed by atoms with Gasteiger partial charge in [0.05, 0.1) is 6.42 Å². The third kappa shape index (κ3) is 12.5. The molecular weight excluding hydrogens is 330 g/mol. The monoisotopic (exact) mass is 351 g/mol. The number of carboxylic acids is 2. The highest BCUT2D eigenvalue weighted by atomic mass is 33.1. The van der Waals surface area contributed by atoms with Crippen LogP contribution in [-0.2, 0) is 19.2 Å². The lowest BCUT2D eigenvalue weighted by atomic mass is 10.1. The zero-order chi connectivity index (χ0) is 17.0. The van der Waals surface area contributed by atoms with Crippen LogP contribution in [0.15, 0.2) is 0 Å². The first-order chi connectivity index (χ1) is 10.3. The van der Waals surface area contributed by atoms with Crippen LogP contribution in [0.4, 0.5) is 0 Å². The first kappa shape index (κ1) is 20.8. The number of ketones is 1. The number of rotatable bonds is 9. The summed E-state index contributed by atoms with van der Waals surface area (Å²) in [6, 6.07) is 0. The Balaban J connectivity index is 0.000000409. The summed E-state index contributed by atoms with van der Waals surface area (Å²) in [6.07, 6.45) is 4.41. The Bertz CT molecular complexity index is 396. The van der Waals surface area contributed by atoms with E-state index >= 15 is 0 Å². The molecule has 1 saturated heterocycles. The second kappa shape index (κ2) is 12.3. The van der Waals surface area contributed by atoms with Crippen LogP contribution in [0.2, 0.25) is 0 Å². The first-order valence-corrected chi connectivity index (χ1v) is 9.25. The molecule has 0 aromatic rings. The first-order valence-electron chi connectivity index (χ1n) is 6.87. The number of amides is 1. The fraction of sp³-hybridized carbons (Fsp3) is 0.692. The molecule has 1 atom stereocenters. The largest absolute Gasteiger partial charge is 0.481 e. The quantitative estimate of drug-likeness (QED) is 0.324. The van der Waals surface area contributed by atoms with Crippen LogP contribution >= 0.6 is 21.6 Å². The lowest BCUT2D eigenvalue weighted by Gasteiger charge is -2.05. The van der Waals surface area contributed by atoms with Crippen molar-refractivity contribution in [3.05, 3.63) is 0 Å². The van der Waals surface area contributed by atoms with Gasteiger partial charge in [0.15, 0.2) is 0 Å². The molecule has 1 rings (SSSR count). The normalized spacial score (nSPS) is 16.5. The maximum atomic E-state index is 10.4. The van der Waals surface area contributed by atoms with E-state index in [1.165, 1.54) is 18.6 Å². The molecule has 22 heavy (non-hydrogen) atoms. The van der Waals surface area contributed by atoms with Gasteiger partial charge in [-0.15, -0.1) is 0 Å². The summed E-state index contributed by atoms with van der Waals surface area (Å²) >= 11 is 0. The Morgan fingerprint density at radius 3 is 2.18 bits per heavy atom. The van der Waals surface area contributed by atoms with Gasteiger partial charge >= 0.3 is 11.9 Å². The van der Waals surface area contributed by atoms with Gasteiger partial charge < -0.3 is 15.9 Å². The summed E-state index contributed by atoms with van der Waals surface area (Å²) in [5, 5.41) is 16.8. The van der Waals surface area contributed by atoms with Crippen molar-refractivity contribution in [2.24, 2.45) is 5.73 Å². The molecule has 1 amide bonds. The summed E-state index contributed by atoms with van der Waals surface area (Å²) in [6.45, 7) is 0. The van der Waals surface area contributed by atoms with E-state index in [2.05, 4.69) is 0 Å². The zero-order valence-corrected chi connectivity index (χ0v) is 13.8. The van der Waals surface area contributed by atoms with Gasteiger partial charge in [-0.05, 0) is 19.3 Å². The van der Waals surface area contributed by atoms with Crippen LogP contribution in [0.1, 0.15) is 44.9 Å². The predicted molar refractivity (Wildman–Crippen MR) is 85.6 cm³/mol. The van der Waals surface area contributed by atoms with E-state index in [1.807, 2.05) is 21.6 Å². The highest BCUT2D eigenvalue weighted by molar-refractivity contribution is 8.77. The molecule has 4 N–H and O–H groups in total. The molecule has 0 bridgehead atoms. The molecule has 0 aromatic heterocycles. The number of aliphatic carboxylic acids is 2. The Morgan fingerprint density at radius 2 is 1.73 bits per heavy atom. The number of carboxylic acid groups (broad SMARTS) is 2. The Morgan fingerprint density at radius 1 is 1.05 bits per heavy atom. The third-order valence-corrected chi connectivity index (χ3v) is 5.74. The van der Waals surface area contributed by atoms with Gasteiger partial charge in [-0.25, -0.2) is 4.79 Å². The number of primary amides is 1. The minimum atomic E-state index is -1.58. The van der Waals surface area contributed by atoms with E-state index in [9.17, 15) is 19.2 Å². The Kier molecular flexibility index (Phi) is 11.7. The van der Waals surface area contributed by atoms with Crippen molar-refractivity contribution >= 4 is 45.2 Å². The molecule has 0 unspecified atom stereocenters. The van der Waals surface area contributed by atoms with Crippen molar-refractivity contribution in [3.63, 3.8) is 0 Å². The lowest BCUT2D eigenvalue weighted by Crippen LogP contribution is -2.13. The van der Waals surface area contributed by atoms with E-state index in [0.717, 1.165) is 18.1 Å². The molecular formula is C13H21NO6S2. The molecule has 0 aliphatic carbocycles. The summed E-state index contributed by atoms with van der Waals surface area (Å²) in [7, 11) is 3.97. The third-order valence-electron chi connectivity index (χ3n) is 2.73. The second-order valence-corrected chi connectivity index (χ2v) is 7.45. The number of carbonyl (C=O) groups excluding carboxylic acids is 2. The smallest absolute Gasteiger partial charge is 0.372 e. The number of hydrogen-bond acceptors (Lipinski definition) is 6. The number of hydrogen-bond donors (Lipinski definition) is 3. The minimum absolute atomic E-state index is 0.163. The van der Waals surface area contributed by atoms with Gasteiger partial charge in [0.1, 0.15) is 0 Å². The highest BCUT2D eigenvalue weighted by Gasteiger charge is 2.15. The van der Waals surface area contributed by atoms with Crippen LogP contribution in [0, 0.1) is 0 Å². The predicted octanol–water partition coefficient (Wildman–Crippen LogP) is 1.69. The van der Waals surface area contributed by atoms with E-state index < -0.39 is 30.6 Å². The van der Waals surface area contributed by atoms with E-state index in [4.69, 9.17) is 15.9 Å². The molecule has 126 valence electrons. The highest BCUT2D eigenvalue weighted by Crippen LogP contribution is 2.39. The van der Waals surface area contributed by atoms with Crippen LogP contribution in [0.5, 0.6) is 0 Å². The standard InChI is InChI=1S/C8H15NOS2.C5H6O5/c9-8(10)4-2-1-3-7-5-6-11-12-7;6-3(5(9)10)1-2-4(7)8/h7H,1-6H2,(H2,9,10);1-2H2,(H,7,8)(H,9,10)/t7-;/m1./s1. The van der Waals surface area contributed by atoms with Crippen molar-refractivity contribution in [3.8, 4) is 0 Å². The SMILES string of the molecule is NC(=O)CCCC[C@@H]1CCSS1.O=C(O)CCC(=O)C(=O)O. The summed E-state index contributed by atoms with van der Waals surface area (Å²) in [4.78, 5) is 40.1. The van der Waals surface area contributed by atoms with E-state index in [-0.39, 0.29) is 5.91 Å². The molecule has 0 radical (unpaired) electrons. The average Bonchev–Trinajstić information content (AvgIpc) is 2.94. The molecule has 1 fully saturated rings.